The van der Waals surface area contributed by atoms with Gasteiger partial charge < -0.3 is 5.73 Å². The van der Waals surface area contributed by atoms with Gasteiger partial charge in [-0.1, -0.05) is 42.5 Å². The molecule has 0 aliphatic carbocycles. The molecule has 100 valence electrons. The molecule has 0 atom stereocenters. The van der Waals surface area contributed by atoms with Crippen LogP contribution in [0, 0.1) is 0 Å². The number of rotatable bonds is 1. The number of amides is 1. The van der Waals surface area contributed by atoms with E-state index in [2.05, 4.69) is 10.5 Å². The SMILES string of the molecule is C1=Cc2ccccc2NN=C1.NC(=O)c1ccccc1. The monoisotopic (exact) mass is 265 g/mol. The molecule has 20 heavy (non-hydrogen) atoms. The maximum Gasteiger partial charge on any atom is 0.248 e. The van der Waals surface area contributed by atoms with E-state index in [4.69, 9.17) is 5.73 Å². The van der Waals surface area contributed by atoms with Gasteiger partial charge in [0.1, 0.15) is 0 Å². The minimum atomic E-state index is -0.379. The Morgan fingerprint density at radius 1 is 1.00 bits per heavy atom. The molecule has 3 rings (SSSR count). The molecule has 1 aliphatic rings. The van der Waals surface area contributed by atoms with Crippen molar-refractivity contribution in [3.05, 3.63) is 71.8 Å². The highest BCUT2D eigenvalue weighted by atomic mass is 16.1. The van der Waals surface area contributed by atoms with Crippen LogP contribution in [0.1, 0.15) is 15.9 Å². The largest absolute Gasteiger partial charge is 0.366 e. The predicted octanol–water partition coefficient (Wildman–Crippen LogP) is 2.90. The van der Waals surface area contributed by atoms with Crippen molar-refractivity contribution in [2.24, 2.45) is 10.8 Å². The lowest BCUT2D eigenvalue weighted by Crippen LogP contribution is -2.09. The number of nitrogens with two attached hydrogens (primary N) is 1. The van der Waals surface area contributed by atoms with Crippen LogP contribution in [-0.2, 0) is 0 Å². The van der Waals surface area contributed by atoms with Gasteiger partial charge in [-0.2, -0.15) is 5.10 Å². The number of allylic oxidation sites excluding steroid dienone is 1. The van der Waals surface area contributed by atoms with Crippen molar-refractivity contribution >= 4 is 23.9 Å². The van der Waals surface area contributed by atoms with Crippen molar-refractivity contribution in [2.45, 2.75) is 0 Å². The molecular formula is C16H15N3O. The summed E-state index contributed by atoms with van der Waals surface area (Å²) in [5.41, 5.74) is 10.7. The van der Waals surface area contributed by atoms with Crippen LogP contribution < -0.4 is 11.2 Å². The van der Waals surface area contributed by atoms with Crippen LogP contribution in [0.25, 0.3) is 6.08 Å². The zero-order chi connectivity index (χ0) is 14.2. The number of hydrogen-bond acceptors (Lipinski definition) is 3. The van der Waals surface area contributed by atoms with Crippen LogP contribution in [0.15, 0.2) is 65.8 Å². The van der Waals surface area contributed by atoms with Gasteiger partial charge in [0.25, 0.3) is 0 Å². The zero-order valence-electron chi connectivity index (χ0n) is 10.9. The van der Waals surface area contributed by atoms with Gasteiger partial charge in [-0.3, -0.25) is 10.2 Å². The number of benzene rings is 2. The summed E-state index contributed by atoms with van der Waals surface area (Å²) in [6.07, 6.45) is 5.68. The number of primary amides is 1. The first-order valence-corrected chi connectivity index (χ1v) is 6.17. The second kappa shape index (κ2) is 6.89. The van der Waals surface area contributed by atoms with E-state index < -0.39 is 0 Å². The lowest BCUT2D eigenvalue weighted by molar-refractivity contribution is 0.100. The summed E-state index contributed by atoms with van der Waals surface area (Å²) in [5.74, 6) is -0.379. The molecule has 0 radical (unpaired) electrons. The molecule has 0 fully saturated rings. The van der Waals surface area contributed by atoms with Gasteiger partial charge in [-0.25, -0.2) is 0 Å². The van der Waals surface area contributed by atoms with E-state index in [0.717, 1.165) is 5.69 Å². The zero-order valence-corrected chi connectivity index (χ0v) is 10.9. The topological polar surface area (TPSA) is 67.5 Å². The molecule has 0 saturated heterocycles. The standard InChI is InChI=1S/C9H8N2.C7H7NO/c1-2-6-9-8(4-1)5-3-7-10-11-9;8-7(9)6-4-2-1-3-5-6/h1-7,11H;1-5H,(H2,8,9). The minimum absolute atomic E-state index is 0.379. The maximum atomic E-state index is 10.4. The molecule has 0 unspecified atom stereocenters. The Labute approximate surface area is 117 Å². The van der Waals surface area contributed by atoms with Gasteiger partial charge in [0.15, 0.2) is 0 Å². The second-order valence-electron chi connectivity index (χ2n) is 4.07. The average molecular weight is 265 g/mol. The average Bonchev–Trinajstić information content (AvgIpc) is 2.74. The number of carbonyl (C=O) groups excluding carboxylic acids is 1. The number of nitrogens with zero attached hydrogens (tertiary/aromatic N) is 1. The van der Waals surface area contributed by atoms with Crippen molar-refractivity contribution in [3.8, 4) is 0 Å². The van der Waals surface area contributed by atoms with Crippen LogP contribution in [0.5, 0.6) is 0 Å². The molecule has 2 aromatic rings. The summed E-state index contributed by atoms with van der Waals surface area (Å²) in [7, 11) is 0. The molecule has 1 aliphatic heterocycles. The van der Waals surface area contributed by atoms with Crippen LogP contribution in [0.2, 0.25) is 0 Å². The molecule has 0 saturated carbocycles. The number of nitrogens with one attached hydrogen (secondary N) is 1. The van der Waals surface area contributed by atoms with E-state index in [0.29, 0.717) is 5.56 Å². The van der Waals surface area contributed by atoms with Crippen molar-refractivity contribution in [1.29, 1.82) is 0 Å². The van der Waals surface area contributed by atoms with Crippen LogP contribution in [0.3, 0.4) is 0 Å². The molecule has 0 bridgehead atoms. The van der Waals surface area contributed by atoms with Gasteiger partial charge in [-0.15, -0.1) is 0 Å². The fourth-order valence-corrected chi connectivity index (χ4v) is 1.64. The Morgan fingerprint density at radius 3 is 2.40 bits per heavy atom. The first-order valence-electron chi connectivity index (χ1n) is 6.17. The highest BCUT2D eigenvalue weighted by molar-refractivity contribution is 5.92. The molecule has 1 heterocycles. The summed E-state index contributed by atoms with van der Waals surface area (Å²) in [6.45, 7) is 0. The van der Waals surface area contributed by atoms with E-state index in [1.54, 1.807) is 30.5 Å². The Morgan fingerprint density at radius 2 is 1.70 bits per heavy atom. The number of anilines is 1. The maximum absolute atomic E-state index is 10.4. The fourth-order valence-electron chi connectivity index (χ4n) is 1.64. The quantitative estimate of drug-likeness (QED) is 0.832. The minimum Gasteiger partial charge on any atom is -0.366 e. The Balaban J connectivity index is 0.000000151. The van der Waals surface area contributed by atoms with E-state index in [1.165, 1.54) is 5.56 Å². The molecule has 3 N–H and O–H groups in total. The third kappa shape index (κ3) is 3.81. The van der Waals surface area contributed by atoms with Crippen molar-refractivity contribution < 1.29 is 4.79 Å². The summed E-state index contributed by atoms with van der Waals surface area (Å²) in [4.78, 5) is 10.4. The van der Waals surface area contributed by atoms with E-state index >= 15 is 0 Å². The Hall–Kier alpha value is -2.88. The van der Waals surface area contributed by atoms with Gasteiger partial charge in [0.05, 0.1) is 5.69 Å². The second-order valence-corrected chi connectivity index (χ2v) is 4.07. The predicted molar refractivity (Wildman–Crippen MR) is 82.6 cm³/mol. The van der Waals surface area contributed by atoms with E-state index in [9.17, 15) is 4.79 Å². The lowest BCUT2D eigenvalue weighted by Gasteiger charge is -2.00. The number of hydrazone groups is 1. The first kappa shape index (κ1) is 13.5. The summed E-state index contributed by atoms with van der Waals surface area (Å²) >= 11 is 0. The molecule has 1 amide bonds. The lowest BCUT2D eigenvalue weighted by atomic mass is 10.2. The van der Waals surface area contributed by atoms with E-state index in [-0.39, 0.29) is 5.91 Å². The van der Waals surface area contributed by atoms with Gasteiger partial charge in [0, 0.05) is 11.8 Å². The van der Waals surface area contributed by atoms with Crippen molar-refractivity contribution in [2.75, 3.05) is 5.43 Å². The number of para-hydroxylation sites is 1. The summed E-state index contributed by atoms with van der Waals surface area (Å²) < 4.78 is 0. The number of fused-ring (bicyclic) bond motifs is 1. The molecule has 2 aromatic carbocycles. The van der Waals surface area contributed by atoms with Crippen LogP contribution >= 0.6 is 0 Å². The third-order valence-corrected chi connectivity index (χ3v) is 2.64. The fraction of sp³-hybridized carbons (Fsp3) is 0. The molecule has 0 aromatic heterocycles. The van der Waals surface area contributed by atoms with Crippen molar-refractivity contribution in [3.63, 3.8) is 0 Å². The van der Waals surface area contributed by atoms with Gasteiger partial charge >= 0.3 is 0 Å². The Kier molecular flexibility index (Phi) is 4.67. The van der Waals surface area contributed by atoms with Crippen LogP contribution in [0.4, 0.5) is 5.69 Å². The normalized spacial score (nSPS) is 11.4. The number of carbonyl (C=O) groups is 1. The third-order valence-electron chi connectivity index (χ3n) is 2.64. The molecule has 4 nitrogen and oxygen atoms in total. The van der Waals surface area contributed by atoms with E-state index in [1.807, 2.05) is 42.5 Å². The Bertz CT molecular complexity index is 633. The van der Waals surface area contributed by atoms with Gasteiger partial charge in [0.2, 0.25) is 5.91 Å². The molecule has 4 heteroatoms. The highest BCUT2D eigenvalue weighted by Crippen LogP contribution is 2.17. The smallest absolute Gasteiger partial charge is 0.248 e. The summed E-state index contributed by atoms with van der Waals surface area (Å²) in [6, 6.07) is 16.8. The first-order chi connectivity index (χ1) is 9.77. The van der Waals surface area contributed by atoms with Crippen LogP contribution in [-0.4, -0.2) is 12.1 Å². The number of hydrogen-bond donors (Lipinski definition) is 2. The van der Waals surface area contributed by atoms with Gasteiger partial charge in [-0.05, 0) is 29.8 Å². The highest BCUT2D eigenvalue weighted by Gasteiger charge is 1.96. The molecule has 0 spiro atoms. The van der Waals surface area contributed by atoms with Crippen molar-refractivity contribution in [1.82, 2.24) is 0 Å². The molecular weight excluding hydrogens is 250 g/mol. The summed E-state index contributed by atoms with van der Waals surface area (Å²) in [5, 5.41) is 3.95.